The maximum absolute atomic E-state index is 11.9. The average Bonchev–Trinajstić information content (AvgIpc) is 2.38. The van der Waals surface area contributed by atoms with Crippen molar-refractivity contribution in [1.82, 2.24) is 10.3 Å². The lowest BCUT2D eigenvalue weighted by Crippen LogP contribution is -2.30. The quantitative estimate of drug-likeness (QED) is 0.720. The number of carbonyl (C=O) groups is 1. The Kier molecular flexibility index (Phi) is 6.15. The normalized spacial score (nSPS) is 10.5. The zero-order chi connectivity index (χ0) is 15.0. The van der Waals surface area contributed by atoms with Gasteiger partial charge in [0, 0.05) is 25.4 Å². The van der Waals surface area contributed by atoms with Crippen LogP contribution >= 0.6 is 0 Å². The topological polar surface area (TPSA) is 96.4 Å². The van der Waals surface area contributed by atoms with Gasteiger partial charge in [-0.2, -0.15) is 0 Å². The van der Waals surface area contributed by atoms with Gasteiger partial charge in [-0.05, 0) is 12.1 Å². The van der Waals surface area contributed by atoms with Crippen molar-refractivity contribution in [3.05, 3.63) is 29.6 Å². The van der Waals surface area contributed by atoms with E-state index in [1.807, 2.05) is 0 Å². The lowest BCUT2D eigenvalue weighted by molar-refractivity contribution is 0.0951. The highest BCUT2D eigenvalue weighted by Crippen LogP contribution is 2.03. The van der Waals surface area contributed by atoms with E-state index in [2.05, 4.69) is 22.1 Å². The summed E-state index contributed by atoms with van der Waals surface area (Å²) in [5.41, 5.74) is 0.587. The van der Waals surface area contributed by atoms with Crippen molar-refractivity contribution in [2.45, 2.75) is 6.42 Å². The number of amides is 1. The first-order valence-electron chi connectivity index (χ1n) is 5.94. The number of hydrogen-bond acceptors (Lipinski definition) is 5. The second-order valence-electron chi connectivity index (χ2n) is 4.06. The van der Waals surface area contributed by atoms with Crippen molar-refractivity contribution in [3.63, 3.8) is 0 Å². The van der Waals surface area contributed by atoms with Crippen LogP contribution < -0.4 is 5.32 Å². The fraction of sp³-hybridized carbons (Fsp3) is 0.385. The van der Waals surface area contributed by atoms with Crippen molar-refractivity contribution >= 4 is 15.7 Å². The largest absolute Gasteiger partial charge is 0.395 e. The molecule has 1 amide bonds. The first-order valence-corrected chi connectivity index (χ1v) is 8.01. The standard InChI is InChI=1S/C13H16N2O4S/c1-20(18,19)10-8-15-13(17)12-11(5-2-3-9-16)6-4-7-14-12/h4,6-7,16H,3,8-10H2,1H3,(H,15,17). The highest BCUT2D eigenvalue weighted by Gasteiger charge is 2.11. The number of sulfone groups is 1. The van der Waals surface area contributed by atoms with Crippen LogP contribution in [0.5, 0.6) is 0 Å². The third-order valence-corrected chi connectivity index (χ3v) is 3.19. The van der Waals surface area contributed by atoms with Gasteiger partial charge in [-0.15, -0.1) is 0 Å². The van der Waals surface area contributed by atoms with E-state index in [-0.39, 0.29) is 24.6 Å². The van der Waals surface area contributed by atoms with E-state index >= 15 is 0 Å². The molecule has 20 heavy (non-hydrogen) atoms. The molecule has 2 N–H and O–H groups in total. The van der Waals surface area contributed by atoms with E-state index < -0.39 is 15.7 Å². The van der Waals surface area contributed by atoms with Crippen molar-refractivity contribution in [3.8, 4) is 11.8 Å². The molecule has 0 saturated heterocycles. The van der Waals surface area contributed by atoms with Gasteiger partial charge < -0.3 is 10.4 Å². The number of nitrogens with zero attached hydrogens (tertiary/aromatic N) is 1. The summed E-state index contributed by atoms with van der Waals surface area (Å²) in [5.74, 6) is 4.86. The number of aromatic nitrogens is 1. The fourth-order valence-corrected chi connectivity index (χ4v) is 1.81. The number of aliphatic hydroxyl groups excluding tert-OH is 1. The minimum Gasteiger partial charge on any atom is -0.395 e. The third-order valence-electron chi connectivity index (χ3n) is 2.24. The van der Waals surface area contributed by atoms with Crippen LogP contribution in [0, 0.1) is 11.8 Å². The summed E-state index contributed by atoms with van der Waals surface area (Å²) >= 11 is 0. The smallest absolute Gasteiger partial charge is 0.271 e. The summed E-state index contributed by atoms with van der Waals surface area (Å²) in [6.07, 6.45) is 2.87. The Balaban J connectivity index is 2.76. The van der Waals surface area contributed by atoms with Crippen LogP contribution in [0.15, 0.2) is 18.3 Å². The van der Waals surface area contributed by atoms with Crippen molar-refractivity contribution in [1.29, 1.82) is 0 Å². The number of carbonyl (C=O) groups excluding carboxylic acids is 1. The van der Waals surface area contributed by atoms with Gasteiger partial charge in [0.25, 0.3) is 5.91 Å². The second kappa shape index (κ2) is 7.62. The van der Waals surface area contributed by atoms with Gasteiger partial charge in [0.2, 0.25) is 0 Å². The Hall–Kier alpha value is -1.91. The molecule has 6 nitrogen and oxygen atoms in total. The minimum absolute atomic E-state index is 0.0255. The Labute approximate surface area is 118 Å². The molecule has 0 aliphatic heterocycles. The van der Waals surface area contributed by atoms with Gasteiger partial charge in [0.1, 0.15) is 15.5 Å². The molecule has 1 aromatic heterocycles. The zero-order valence-electron chi connectivity index (χ0n) is 11.1. The first-order chi connectivity index (χ1) is 9.44. The summed E-state index contributed by atoms with van der Waals surface area (Å²) < 4.78 is 22.0. The van der Waals surface area contributed by atoms with Gasteiger partial charge in [-0.3, -0.25) is 4.79 Å². The molecule has 0 spiro atoms. The number of rotatable bonds is 5. The zero-order valence-corrected chi connectivity index (χ0v) is 11.9. The van der Waals surface area contributed by atoms with Crippen molar-refractivity contribution in [2.75, 3.05) is 25.2 Å². The maximum atomic E-state index is 11.9. The van der Waals surface area contributed by atoms with E-state index in [1.165, 1.54) is 6.20 Å². The molecule has 0 aromatic carbocycles. The number of pyridine rings is 1. The average molecular weight is 296 g/mol. The van der Waals surface area contributed by atoms with Crippen molar-refractivity contribution < 1.29 is 18.3 Å². The molecule has 0 aliphatic rings. The third kappa shape index (κ3) is 5.82. The predicted molar refractivity (Wildman–Crippen MR) is 74.9 cm³/mol. The molecule has 0 unspecified atom stereocenters. The summed E-state index contributed by atoms with van der Waals surface area (Å²) in [6, 6.07) is 3.29. The summed E-state index contributed by atoms with van der Waals surface area (Å²) in [6.45, 7) is -0.0269. The first kappa shape index (κ1) is 16.1. The van der Waals surface area contributed by atoms with Crippen LogP contribution in [0.4, 0.5) is 0 Å². The maximum Gasteiger partial charge on any atom is 0.271 e. The Morgan fingerprint density at radius 3 is 2.90 bits per heavy atom. The lowest BCUT2D eigenvalue weighted by atomic mass is 10.2. The highest BCUT2D eigenvalue weighted by molar-refractivity contribution is 7.90. The lowest BCUT2D eigenvalue weighted by Gasteiger charge is -2.05. The minimum atomic E-state index is -3.12. The second-order valence-corrected chi connectivity index (χ2v) is 6.32. The fourth-order valence-electron chi connectivity index (χ4n) is 1.33. The predicted octanol–water partition coefficient (Wildman–Crippen LogP) is -0.410. The molecule has 0 fully saturated rings. The molecule has 1 aromatic rings. The van der Waals surface area contributed by atoms with Crippen LogP contribution in [0.25, 0.3) is 0 Å². The van der Waals surface area contributed by atoms with Crippen LogP contribution in [-0.2, 0) is 9.84 Å². The van der Waals surface area contributed by atoms with Crippen LogP contribution in [0.1, 0.15) is 22.5 Å². The summed E-state index contributed by atoms with van der Waals surface area (Å²) in [5, 5.41) is 11.1. The van der Waals surface area contributed by atoms with E-state index in [9.17, 15) is 13.2 Å². The summed E-state index contributed by atoms with van der Waals surface area (Å²) in [4.78, 5) is 15.8. The highest BCUT2D eigenvalue weighted by atomic mass is 32.2. The Morgan fingerprint density at radius 2 is 2.25 bits per heavy atom. The van der Waals surface area contributed by atoms with E-state index in [0.29, 0.717) is 12.0 Å². The molecule has 108 valence electrons. The van der Waals surface area contributed by atoms with Gasteiger partial charge in [0.15, 0.2) is 0 Å². The molecule has 1 heterocycles. The number of nitrogens with one attached hydrogen (secondary N) is 1. The van der Waals surface area contributed by atoms with Gasteiger partial charge in [-0.1, -0.05) is 11.8 Å². The number of aliphatic hydroxyl groups is 1. The Bertz CT molecular complexity index is 629. The molecule has 0 aliphatic carbocycles. The van der Waals surface area contributed by atoms with Crippen LogP contribution in [-0.4, -0.2) is 49.6 Å². The molecule has 1 rings (SSSR count). The van der Waals surface area contributed by atoms with Gasteiger partial charge >= 0.3 is 0 Å². The monoisotopic (exact) mass is 296 g/mol. The molecule has 0 bridgehead atoms. The van der Waals surface area contributed by atoms with E-state index in [1.54, 1.807) is 12.1 Å². The molecular formula is C13H16N2O4S. The van der Waals surface area contributed by atoms with E-state index in [0.717, 1.165) is 6.26 Å². The molecule has 0 radical (unpaired) electrons. The van der Waals surface area contributed by atoms with E-state index in [4.69, 9.17) is 5.11 Å². The van der Waals surface area contributed by atoms with Crippen LogP contribution in [0.2, 0.25) is 0 Å². The summed E-state index contributed by atoms with van der Waals surface area (Å²) in [7, 11) is -3.12. The number of hydrogen-bond donors (Lipinski definition) is 2. The molecule has 0 saturated carbocycles. The van der Waals surface area contributed by atoms with Crippen molar-refractivity contribution in [2.24, 2.45) is 0 Å². The SMILES string of the molecule is CS(=O)(=O)CCNC(=O)c1ncccc1C#CCCO. The van der Waals surface area contributed by atoms with Crippen LogP contribution in [0.3, 0.4) is 0 Å². The molecule has 0 atom stereocenters. The molecular weight excluding hydrogens is 280 g/mol. The van der Waals surface area contributed by atoms with Gasteiger partial charge in [0.05, 0.1) is 17.9 Å². The van der Waals surface area contributed by atoms with Gasteiger partial charge in [-0.25, -0.2) is 13.4 Å². The Morgan fingerprint density at radius 1 is 1.50 bits per heavy atom. The molecule has 7 heteroatoms.